The third-order valence-electron chi connectivity index (χ3n) is 2.16. The monoisotopic (exact) mass is 242 g/mol. The summed E-state index contributed by atoms with van der Waals surface area (Å²) >= 11 is 0. The number of hydrogen-bond acceptors (Lipinski definition) is 2. The van der Waals surface area contributed by atoms with E-state index in [-0.39, 0.29) is 11.7 Å². The van der Waals surface area contributed by atoms with Gasteiger partial charge in [0.15, 0.2) is 11.6 Å². The van der Waals surface area contributed by atoms with Crippen molar-refractivity contribution in [3.8, 4) is 5.75 Å². The van der Waals surface area contributed by atoms with Gasteiger partial charge in [0.2, 0.25) is 0 Å². The Kier molecular flexibility index (Phi) is 8.42. The van der Waals surface area contributed by atoms with Crippen LogP contribution in [0.1, 0.15) is 39.2 Å². The Morgan fingerprint density at radius 3 is 2.35 bits per heavy atom. The Labute approximate surface area is 104 Å². The molecule has 0 unspecified atom stereocenters. The highest BCUT2D eigenvalue weighted by Crippen LogP contribution is 2.25. The van der Waals surface area contributed by atoms with Crippen molar-refractivity contribution in [1.82, 2.24) is 0 Å². The second-order valence-electron chi connectivity index (χ2n) is 3.66. The van der Waals surface area contributed by atoms with Crippen LogP contribution in [0, 0.1) is 5.82 Å². The summed E-state index contributed by atoms with van der Waals surface area (Å²) in [7, 11) is 1.59. The van der Waals surface area contributed by atoms with Crippen molar-refractivity contribution in [2.24, 2.45) is 0 Å². The van der Waals surface area contributed by atoms with Gasteiger partial charge < -0.3 is 9.47 Å². The number of hydrogen-bond donors (Lipinski definition) is 0. The van der Waals surface area contributed by atoms with E-state index in [9.17, 15) is 4.39 Å². The lowest BCUT2D eigenvalue weighted by Gasteiger charge is -2.11. The molecule has 1 aromatic rings. The van der Waals surface area contributed by atoms with Gasteiger partial charge in [0.05, 0.1) is 6.61 Å². The van der Waals surface area contributed by atoms with Gasteiger partial charge in [-0.3, -0.25) is 0 Å². The number of methoxy groups -OCH3 is 1. The van der Waals surface area contributed by atoms with E-state index < -0.39 is 0 Å². The number of rotatable bonds is 5. The summed E-state index contributed by atoms with van der Waals surface area (Å²) in [6, 6.07) is 5.22. The van der Waals surface area contributed by atoms with Crippen molar-refractivity contribution < 1.29 is 13.9 Å². The van der Waals surface area contributed by atoms with Crippen LogP contribution in [0.15, 0.2) is 18.2 Å². The van der Waals surface area contributed by atoms with Crippen LogP contribution in [0.3, 0.4) is 0 Å². The second kappa shape index (κ2) is 8.99. The minimum Gasteiger partial charge on any atom is -0.488 e. The molecule has 2 nitrogen and oxygen atoms in total. The summed E-state index contributed by atoms with van der Waals surface area (Å²) in [4.78, 5) is 0. The maximum atomic E-state index is 13.8. The third kappa shape index (κ3) is 5.18. The maximum Gasteiger partial charge on any atom is 0.168 e. The molecule has 0 saturated heterocycles. The predicted molar refractivity (Wildman–Crippen MR) is 69.2 cm³/mol. The highest BCUT2D eigenvalue weighted by molar-refractivity contribution is 5.32. The molecular formula is C14H23FO2. The lowest BCUT2D eigenvalue weighted by molar-refractivity contribution is 0.143. The first kappa shape index (κ1) is 15.9. The van der Waals surface area contributed by atoms with E-state index in [1.54, 1.807) is 25.3 Å². The molecule has 0 aliphatic rings. The maximum absolute atomic E-state index is 13.8. The molecule has 0 saturated carbocycles. The molecule has 0 radical (unpaired) electrons. The van der Waals surface area contributed by atoms with Crippen LogP contribution in [0.25, 0.3) is 0 Å². The molecule has 98 valence electrons. The first-order valence-corrected chi connectivity index (χ1v) is 6.07. The molecule has 1 rings (SSSR count). The summed E-state index contributed by atoms with van der Waals surface area (Å²) in [6.07, 6.45) is 0. The van der Waals surface area contributed by atoms with Crippen molar-refractivity contribution in [2.75, 3.05) is 20.3 Å². The number of benzene rings is 1. The first-order valence-electron chi connectivity index (χ1n) is 6.07. The van der Waals surface area contributed by atoms with Crippen molar-refractivity contribution in [2.45, 2.75) is 33.6 Å². The van der Waals surface area contributed by atoms with Crippen LogP contribution in [-0.4, -0.2) is 20.3 Å². The van der Waals surface area contributed by atoms with Crippen molar-refractivity contribution in [1.29, 1.82) is 0 Å². The van der Waals surface area contributed by atoms with Crippen molar-refractivity contribution >= 4 is 0 Å². The quantitative estimate of drug-likeness (QED) is 0.726. The number of ether oxygens (including phenoxy) is 2. The largest absolute Gasteiger partial charge is 0.488 e. The van der Waals surface area contributed by atoms with E-state index in [1.807, 2.05) is 27.7 Å². The fourth-order valence-electron chi connectivity index (χ4n) is 1.32. The van der Waals surface area contributed by atoms with Crippen LogP contribution in [0.5, 0.6) is 5.75 Å². The normalized spacial score (nSPS) is 9.82. The zero-order valence-corrected chi connectivity index (χ0v) is 11.4. The van der Waals surface area contributed by atoms with Gasteiger partial charge in [-0.2, -0.15) is 0 Å². The summed E-state index contributed by atoms with van der Waals surface area (Å²) in [5, 5.41) is 0. The van der Waals surface area contributed by atoms with Gasteiger partial charge in [-0.1, -0.05) is 39.8 Å². The van der Waals surface area contributed by atoms with E-state index in [0.29, 0.717) is 24.5 Å². The van der Waals surface area contributed by atoms with Crippen LogP contribution < -0.4 is 4.74 Å². The van der Waals surface area contributed by atoms with Crippen molar-refractivity contribution in [3.63, 3.8) is 0 Å². The minimum absolute atomic E-state index is 0.163. The molecule has 0 spiro atoms. The SMILES string of the molecule is CC.COCCOc1cccc(C(C)C)c1F. The van der Waals surface area contributed by atoms with Gasteiger partial charge in [-0.15, -0.1) is 0 Å². The summed E-state index contributed by atoms with van der Waals surface area (Å²) in [5.41, 5.74) is 0.685. The second-order valence-corrected chi connectivity index (χ2v) is 3.66. The molecule has 3 heteroatoms. The highest BCUT2D eigenvalue weighted by atomic mass is 19.1. The molecule has 0 heterocycles. The van der Waals surface area contributed by atoms with Gasteiger partial charge in [-0.25, -0.2) is 4.39 Å². The Bertz CT molecular complexity index is 311. The molecule has 0 amide bonds. The zero-order valence-electron chi connectivity index (χ0n) is 11.4. The van der Waals surface area contributed by atoms with E-state index >= 15 is 0 Å². The van der Waals surface area contributed by atoms with Crippen LogP contribution in [0.2, 0.25) is 0 Å². The van der Waals surface area contributed by atoms with E-state index in [0.717, 1.165) is 0 Å². The molecule has 0 fully saturated rings. The van der Waals surface area contributed by atoms with Gasteiger partial charge in [0, 0.05) is 7.11 Å². The Morgan fingerprint density at radius 2 is 1.82 bits per heavy atom. The molecule has 0 N–H and O–H groups in total. The van der Waals surface area contributed by atoms with Gasteiger partial charge in [0.25, 0.3) is 0 Å². The topological polar surface area (TPSA) is 18.5 Å². The van der Waals surface area contributed by atoms with Crippen LogP contribution in [0.4, 0.5) is 4.39 Å². The van der Waals surface area contributed by atoms with E-state index in [4.69, 9.17) is 9.47 Å². The summed E-state index contributed by atoms with van der Waals surface area (Å²) in [6.45, 7) is 8.75. The standard InChI is InChI=1S/C12H17FO2.C2H6/c1-9(2)10-5-4-6-11(12(10)13)15-8-7-14-3;1-2/h4-6,9H,7-8H2,1-3H3;1-2H3. The predicted octanol–water partition coefficient (Wildman–Crippen LogP) is 4.00. The first-order chi connectivity index (χ1) is 8.16. The molecule has 0 aliphatic carbocycles. The molecule has 0 atom stereocenters. The lowest BCUT2D eigenvalue weighted by atomic mass is 10.0. The summed E-state index contributed by atoms with van der Waals surface area (Å²) < 4.78 is 23.9. The average molecular weight is 242 g/mol. The third-order valence-corrected chi connectivity index (χ3v) is 2.16. The smallest absolute Gasteiger partial charge is 0.168 e. The van der Waals surface area contributed by atoms with E-state index in [2.05, 4.69) is 0 Å². The van der Waals surface area contributed by atoms with E-state index in [1.165, 1.54) is 0 Å². The molecule has 0 aromatic heterocycles. The van der Waals surface area contributed by atoms with Gasteiger partial charge >= 0.3 is 0 Å². The molecule has 0 bridgehead atoms. The average Bonchev–Trinajstić information content (AvgIpc) is 2.34. The van der Waals surface area contributed by atoms with Gasteiger partial charge in [-0.05, 0) is 17.5 Å². The Hall–Kier alpha value is -1.09. The zero-order chi connectivity index (χ0) is 13.3. The fourth-order valence-corrected chi connectivity index (χ4v) is 1.32. The van der Waals surface area contributed by atoms with Crippen LogP contribution in [-0.2, 0) is 4.74 Å². The molecular weight excluding hydrogens is 219 g/mol. The Balaban J connectivity index is 0.00000121. The summed E-state index contributed by atoms with van der Waals surface area (Å²) in [5.74, 6) is 0.206. The van der Waals surface area contributed by atoms with Crippen LogP contribution >= 0.6 is 0 Å². The number of halogens is 1. The molecule has 0 aliphatic heterocycles. The molecule has 17 heavy (non-hydrogen) atoms. The lowest BCUT2D eigenvalue weighted by Crippen LogP contribution is -2.06. The van der Waals surface area contributed by atoms with Crippen molar-refractivity contribution in [3.05, 3.63) is 29.6 Å². The molecule has 1 aromatic carbocycles. The fraction of sp³-hybridized carbons (Fsp3) is 0.571. The van der Waals surface area contributed by atoms with Gasteiger partial charge in [0.1, 0.15) is 6.61 Å². The minimum atomic E-state index is -0.261. The highest BCUT2D eigenvalue weighted by Gasteiger charge is 2.11. The Morgan fingerprint density at radius 1 is 1.18 bits per heavy atom.